The van der Waals surface area contributed by atoms with Gasteiger partial charge >= 0.3 is 6.18 Å². The Morgan fingerprint density at radius 3 is 2.38 bits per heavy atom. The van der Waals surface area contributed by atoms with E-state index in [0.29, 0.717) is 16.8 Å². The van der Waals surface area contributed by atoms with E-state index < -0.39 is 24.5 Å². The van der Waals surface area contributed by atoms with Crippen molar-refractivity contribution in [1.82, 2.24) is 0 Å². The van der Waals surface area contributed by atoms with Crippen LogP contribution in [0.3, 0.4) is 0 Å². The maximum Gasteiger partial charge on any atom is 0.411 e. The number of amides is 1. The predicted octanol–water partition coefficient (Wildman–Crippen LogP) is 5.15. The Kier molecular flexibility index (Phi) is 6.74. The number of hydrogen-bond acceptors (Lipinski definition) is 3. The average molecular weight is 410 g/mol. The molecule has 1 saturated heterocycles. The van der Waals surface area contributed by atoms with Crippen LogP contribution in [0.1, 0.15) is 35.2 Å². The third-order valence-corrected chi connectivity index (χ3v) is 4.65. The monoisotopic (exact) mass is 410 g/mol. The fourth-order valence-electron chi connectivity index (χ4n) is 3.25. The smallest absolute Gasteiger partial charge is 0.370 e. The van der Waals surface area contributed by atoms with Crippen LogP contribution in [0.2, 0.25) is 0 Å². The first kappa shape index (κ1) is 21.1. The second-order valence-corrected chi connectivity index (χ2v) is 6.97. The molecule has 0 aromatic heterocycles. The summed E-state index contributed by atoms with van der Waals surface area (Å²) in [5, 5.41) is 2.75. The summed E-state index contributed by atoms with van der Waals surface area (Å²) in [5.74, 6) is -0.866. The minimum atomic E-state index is -4.38. The number of alkyl halides is 3. The second-order valence-electron chi connectivity index (χ2n) is 6.97. The Labute approximate surface area is 166 Å². The van der Waals surface area contributed by atoms with Crippen LogP contribution in [-0.4, -0.2) is 31.8 Å². The molecular weight excluding hydrogens is 388 g/mol. The Morgan fingerprint density at radius 2 is 1.72 bits per heavy atom. The fourth-order valence-corrected chi connectivity index (χ4v) is 3.25. The average Bonchev–Trinajstić information content (AvgIpc) is 2.68. The van der Waals surface area contributed by atoms with Crippen molar-refractivity contribution in [1.29, 1.82) is 0 Å². The molecule has 0 spiro atoms. The van der Waals surface area contributed by atoms with Gasteiger partial charge in [0.15, 0.2) is 0 Å². The molecule has 0 aliphatic carbocycles. The molecular formula is C21H22F4N2O2. The van der Waals surface area contributed by atoms with E-state index in [4.69, 9.17) is 0 Å². The Hall–Kier alpha value is -2.61. The van der Waals surface area contributed by atoms with Crippen LogP contribution in [0.4, 0.5) is 28.9 Å². The van der Waals surface area contributed by atoms with Gasteiger partial charge in [-0.1, -0.05) is 12.1 Å². The van der Waals surface area contributed by atoms with Gasteiger partial charge < -0.3 is 15.0 Å². The number of halogens is 4. The normalized spacial score (nSPS) is 14.7. The molecule has 4 nitrogen and oxygen atoms in total. The van der Waals surface area contributed by atoms with Crippen LogP contribution in [0.5, 0.6) is 0 Å². The quantitative estimate of drug-likeness (QED) is 0.670. The number of ether oxygens (including phenoxy) is 1. The molecule has 1 aliphatic rings. The second kappa shape index (κ2) is 9.26. The maximum atomic E-state index is 13.8. The van der Waals surface area contributed by atoms with Crippen LogP contribution in [0, 0.1) is 5.82 Å². The number of carbonyl (C=O) groups excluding carboxylic acids is 1. The van der Waals surface area contributed by atoms with E-state index in [2.05, 4.69) is 15.0 Å². The maximum absolute atomic E-state index is 13.8. The third-order valence-electron chi connectivity index (χ3n) is 4.65. The first-order chi connectivity index (χ1) is 13.8. The van der Waals surface area contributed by atoms with E-state index in [1.807, 2.05) is 0 Å². The Bertz CT molecular complexity index is 832. The van der Waals surface area contributed by atoms with E-state index in [0.717, 1.165) is 38.0 Å². The van der Waals surface area contributed by atoms with Crippen LogP contribution < -0.4 is 10.2 Å². The molecule has 1 N–H and O–H groups in total. The molecule has 1 aliphatic heterocycles. The molecule has 1 amide bonds. The summed E-state index contributed by atoms with van der Waals surface area (Å²) in [4.78, 5) is 14.7. The molecule has 0 atom stereocenters. The van der Waals surface area contributed by atoms with Crippen LogP contribution in [-0.2, 0) is 11.3 Å². The molecule has 3 rings (SSSR count). The van der Waals surface area contributed by atoms with Gasteiger partial charge in [-0.25, -0.2) is 4.39 Å². The number of carbonyl (C=O) groups is 1. The predicted molar refractivity (Wildman–Crippen MR) is 103 cm³/mol. The highest BCUT2D eigenvalue weighted by Gasteiger charge is 2.27. The van der Waals surface area contributed by atoms with Gasteiger partial charge in [0.2, 0.25) is 0 Å². The summed E-state index contributed by atoms with van der Waals surface area (Å²) in [6.45, 7) is 0.167. The van der Waals surface area contributed by atoms with Crippen LogP contribution >= 0.6 is 0 Å². The van der Waals surface area contributed by atoms with Gasteiger partial charge in [-0.2, -0.15) is 13.2 Å². The summed E-state index contributed by atoms with van der Waals surface area (Å²) < 4.78 is 54.7. The van der Waals surface area contributed by atoms with Gasteiger partial charge in [-0.15, -0.1) is 0 Å². The minimum Gasteiger partial charge on any atom is -0.370 e. The van der Waals surface area contributed by atoms with E-state index in [9.17, 15) is 22.4 Å². The van der Waals surface area contributed by atoms with Crippen molar-refractivity contribution in [2.45, 2.75) is 32.0 Å². The zero-order chi connectivity index (χ0) is 20.9. The molecule has 1 heterocycles. The molecule has 8 heteroatoms. The number of hydrogen-bond donors (Lipinski definition) is 1. The summed E-state index contributed by atoms with van der Waals surface area (Å²) >= 11 is 0. The van der Waals surface area contributed by atoms with Crippen molar-refractivity contribution in [3.8, 4) is 0 Å². The van der Waals surface area contributed by atoms with Gasteiger partial charge in [0.1, 0.15) is 12.4 Å². The summed E-state index contributed by atoms with van der Waals surface area (Å²) in [7, 11) is 0. The molecule has 156 valence electrons. The van der Waals surface area contributed by atoms with Crippen molar-refractivity contribution in [2.24, 2.45) is 0 Å². The molecule has 0 saturated carbocycles. The van der Waals surface area contributed by atoms with Crippen molar-refractivity contribution in [3.05, 3.63) is 59.4 Å². The molecule has 0 bridgehead atoms. The van der Waals surface area contributed by atoms with Crippen molar-refractivity contribution >= 4 is 17.3 Å². The summed E-state index contributed by atoms with van der Waals surface area (Å²) in [6.07, 6.45) is -1.14. The van der Waals surface area contributed by atoms with Gasteiger partial charge in [0, 0.05) is 18.7 Å². The highest BCUT2D eigenvalue weighted by molar-refractivity contribution is 6.06. The zero-order valence-corrected chi connectivity index (χ0v) is 15.8. The number of nitrogens with one attached hydrogen (secondary N) is 1. The lowest BCUT2D eigenvalue weighted by Gasteiger charge is -2.30. The zero-order valence-electron chi connectivity index (χ0n) is 15.8. The fraction of sp³-hybridized carbons (Fsp3) is 0.381. The van der Waals surface area contributed by atoms with Gasteiger partial charge in [0.25, 0.3) is 5.91 Å². The molecule has 0 radical (unpaired) electrons. The number of anilines is 2. The third kappa shape index (κ3) is 6.19. The summed E-state index contributed by atoms with van der Waals surface area (Å²) in [5.41, 5.74) is 2.01. The molecule has 0 unspecified atom stereocenters. The number of piperidine rings is 1. The molecule has 29 heavy (non-hydrogen) atoms. The van der Waals surface area contributed by atoms with E-state index >= 15 is 0 Å². The molecule has 2 aromatic rings. The van der Waals surface area contributed by atoms with Crippen LogP contribution in [0.25, 0.3) is 0 Å². The van der Waals surface area contributed by atoms with Gasteiger partial charge in [-0.05, 0) is 55.2 Å². The largest absolute Gasteiger partial charge is 0.411 e. The van der Waals surface area contributed by atoms with E-state index in [1.165, 1.54) is 36.4 Å². The first-order valence-corrected chi connectivity index (χ1v) is 9.41. The van der Waals surface area contributed by atoms with Crippen molar-refractivity contribution in [2.75, 3.05) is 29.9 Å². The molecule has 1 fully saturated rings. The van der Waals surface area contributed by atoms with Crippen molar-refractivity contribution < 1.29 is 27.1 Å². The number of benzene rings is 2. The summed E-state index contributed by atoms with van der Waals surface area (Å²) in [6, 6.07) is 10.4. The van der Waals surface area contributed by atoms with Crippen LogP contribution in [0.15, 0.2) is 42.5 Å². The number of rotatable bonds is 6. The first-order valence-electron chi connectivity index (χ1n) is 9.41. The Morgan fingerprint density at radius 1 is 1.03 bits per heavy atom. The van der Waals surface area contributed by atoms with E-state index in [1.54, 1.807) is 6.07 Å². The van der Waals surface area contributed by atoms with Gasteiger partial charge in [-0.3, -0.25) is 4.79 Å². The standard InChI is InChI=1S/C21H22F4N2O2/c22-17-8-9-19(27-10-2-1-3-11-27)18(12-17)26-20(28)16-6-4-15(5-7-16)13-29-14-21(23,24)25/h4-9,12H,1-3,10-11,13-14H2,(H,26,28). The van der Waals surface area contributed by atoms with Gasteiger partial charge in [0.05, 0.1) is 18.0 Å². The minimum absolute atomic E-state index is 0.204. The lowest BCUT2D eigenvalue weighted by Crippen LogP contribution is -2.30. The van der Waals surface area contributed by atoms with Crippen molar-refractivity contribution in [3.63, 3.8) is 0 Å². The topological polar surface area (TPSA) is 41.6 Å². The number of nitrogens with zero attached hydrogens (tertiary/aromatic N) is 1. The Balaban J connectivity index is 1.66. The lowest BCUT2D eigenvalue weighted by molar-refractivity contribution is -0.176. The highest BCUT2D eigenvalue weighted by Crippen LogP contribution is 2.29. The highest BCUT2D eigenvalue weighted by atomic mass is 19.4. The van der Waals surface area contributed by atoms with E-state index in [-0.39, 0.29) is 6.61 Å². The lowest BCUT2D eigenvalue weighted by atomic mass is 10.1. The SMILES string of the molecule is O=C(Nc1cc(F)ccc1N1CCCCC1)c1ccc(COCC(F)(F)F)cc1. The molecule has 2 aromatic carbocycles.